The van der Waals surface area contributed by atoms with Gasteiger partial charge >= 0.3 is 0 Å². The van der Waals surface area contributed by atoms with Gasteiger partial charge in [0.25, 0.3) is 0 Å². The van der Waals surface area contributed by atoms with Crippen molar-refractivity contribution in [1.82, 2.24) is 9.80 Å². The minimum Gasteiger partial charge on any atom is -0.346 e. The molecule has 118 valence electrons. The molecule has 2 amide bonds. The first-order chi connectivity index (χ1) is 10.6. The lowest BCUT2D eigenvalue weighted by molar-refractivity contribution is -0.145. The molecule has 0 unspecified atom stereocenters. The fourth-order valence-corrected chi connectivity index (χ4v) is 3.68. The van der Waals surface area contributed by atoms with Crippen LogP contribution >= 0.6 is 11.6 Å². The quantitative estimate of drug-likeness (QED) is 0.840. The molecule has 0 aromatic heterocycles. The second kappa shape index (κ2) is 6.29. The highest BCUT2D eigenvalue weighted by atomic mass is 35.5. The summed E-state index contributed by atoms with van der Waals surface area (Å²) in [4.78, 5) is 28.4. The number of carbonyl (C=O) groups excluding carboxylic acids is 2. The topological polar surface area (TPSA) is 40.6 Å². The van der Waals surface area contributed by atoms with Crippen LogP contribution in [0.4, 0.5) is 0 Å². The number of hydrogen-bond acceptors (Lipinski definition) is 2. The van der Waals surface area contributed by atoms with Crippen molar-refractivity contribution in [3.63, 3.8) is 0 Å². The zero-order valence-electron chi connectivity index (χ0n) is 12.8. The Morgan fingerprint density at radius 1 is 1.27 bits per heavy atom. The zero-order valence-corrected chi connectivity index (χ0v) is 13.6. The maximum absolute atomic E-state index is 12.8. The summed E-state index contributed by atoms with van der Waals surface area (Å²) in [6, 6.07) is 7.85. The third kappa shape index (κ3) is 2.98. The number of rotatable bonds is 2. The van der Waals surface area contributed by atoms with E-state index in [1.165, 1.54) is 0 Å². The average Bonchev–Trinajstić information content (AvgIpc) is 2.99. The van der Waals surface area contributed by atoms with Gasteiger partial charge in [0.05, 0.1) is 6.04 Å². The van der Waals surface area contributed by atoms with Gasteiger partial charge in [0, 0.05) is 37.5 Å². The van der Waals surface area contributed by atoms with E-state index in [-0.39, 0.29) is 23.8 Å². The Labute approximate surface area is 136 Å². The fraction of sp³-hybridized carbons (Fsp3) is 0.529. The highest BCUT2D eigenvalue weighted by molar-refractivity contribution is 6.30. The van der Waals surface area contributed by atoms with Crippen LogP contribution in [0, 0.1) is 5.92 Å². The Bertz CT molecular complexity index is 590. The maximum Gasteiger partial charge on any atom is 0.226 e. The Morgan fingerprint density at radius 2 is 2.09 bits per heavy atom. The molecule has 2 atom stereocenters. The second-order valence-corrected chi connectivity index (χ2v) is 6.69. The Balaban J connectivity index is 1.75. The number of piperidine rings is 1. The highest BCUT2D eigenvalue weighted by Gasteiger charge is 2.36. The van der Waals surface area contributed by atoms with Crippen molar-refractivity contribution in [2.75, 3.05) is 20.1 Å². The van der Waals surface area contributed by atoms with Crippen LogP contribution in [0.15, 0.2) is 24.3 Å². The summed E-state index contributed by atoms with van der Waals surface area (Å²) in [6.45, 7) is 1.45. The first kappa shape index (κ1) is 15.3. The normalized spacial score (nSPS) is 25.6. The van der Waals surface area contributed by atoms with Crippen molar-refractivity contribution in [2.45, 2.75) is 31.7 Å². The summed E-state index contributed by atoms with van der Waals surface area (Å²) in [7, 11) is 1.80. The zero-order chi connectivity index (χ0) is 15.7. The second-order valence-electron chi connectivity index (χ2n) is 6.25. The fourth-order valence-electron chi connectivity index (χ4n) is 3.48. The summed E-state index contributed by atoms with van der Waals surface area (Å²) in [5, 5.41) is 0.700. The molecule has 0 radical (unpaired) electrons. The standard InChI is InChI=1S/C17H21ClN2O2/c1-19-9-7-13(11-16(19)21)17(22)20-8-3-6-15(20)12-4-2-5-14(18)10-12/h2,4-5,10,13,15H,3,6-9,11H2,1H3/t13-,15+/m1/s1. The summed E-state index contributed by atoms with van der Waals surface area (Å²) >= 11 is 6.08. The number of likely N-dealkylation sites (tertiary alicyclic amines) is 2. The number of benzene rings is 1. The lowest BCUT2D eigenvalue weighted by atomic mass is 9.94. The van der Waals surface area contributed by atoms with E-state index in [0.717, 1.165) is 31.4 Å². The first-order valence-corrected chi connectivity index (χ1v) is 8.24. The van der Waals surface area contributed by atoms with E-state index in [0.29, 0.717) is 18.0 Å². The number of carbonyl (C=O) groups is 2. The molecule has 2 aliphatic heterocycles. The maximum atomic E-state index is 12.8. The Morgan fingerprint density at radius 3 is 2.82 bits per heavy atom. The van der Waals surface area contributed by atoms with E-state index in [9.17, 15) is 9.59 Å². The molecule has 0 bridgehead atoms. The molecule has 22 heavy (non-hydrogen) atoms. The van der Waals surface area contributed by atoms with Crippen LogP contribution in [-0.2, 0) is 9.59 Å². The van der Waals surface area contributed by atoms with Crippen molar-refractivity contribution >= 4 is 23.4 Å². The van der Waals surface area contributed by atoms with E-state index in [1.807, 2.05) is 29.2 Å². The van der Waals surface area contributed by atoms with Crippen LogP contribution in [0.5, 0.6) is 0 Å². The van der Waals surface area contributed by atoms with E-state index >= 15 is 0 Å². The predicted molar refractivity (Wildman–Crippen MR) is 85.5 cm³/mol. The summed E-state index contributed by atoms with van der Waals surface area (Å²) in [5.74, 6) is 0.0375. The molecule has 0 spiro atoms. The molecule has 2 saturated heterocycles. The van der Waals surface area contributed by atoms with Gasteiger partial charge in [0.2, 0.25) is 11.8 Å². The number of halogens is 1. The predicted octanol–water partition coefficient (Wildman–Crippen LogP) is 2.87. The molecule has 2 heterocycles. The van der Waals surface area contributed by atoms with Crippen molar-refractivity contribution in [2.24, 2.45) is 5.92 Å². The van der Waals surface area contributed by atoms with Gasteiger partial charge < -0.3 is 9.80 Å². The van der Waals surface area contributed by atoms with Gasteiger partial charge in [-0.3, -0.25) is 9.59 Å². The molecule has 0 N–H and O–H groups in total. The number of hydrogen-bond donors (Lipinski definition) is 0. The molecule has 0 saturated carbocycles. The summed E-state index contributed by atoms with van der Waals surface area (Å²) in [5.41, 5.74) is 1.10. The molecule has 0 aliphatic carbocycles. The van der Waals surface area contributed by atoms with Gasteiger partial charge in [-0.05, 0) is 37.0 Å². The van der Waals surface area contributed by atoms with Gasteiger partial charge in [-0.1, -0.05) is 23.7 Å². The summed E-state index contributed by atoms with van der Waals surface area (Å²) < 4.78 is 0. The third-order valence-electron chi connectivity index (χ3n) is 4.78. The smallest absolute Gasteiger partial charge is 0.226 e. The van der Waals surface area contributed by atoms with Crippen LogP contribution in [0.2, 0.25) is 5.02 Å². The minimum absolute atomic E-state index is 0.0723. The van der Waals surface area contributed by atoms with Crippen molar-refractivity contribution in [1.29, 1.82) is 0 Å². The van der Waals surface area contributed by atoms with Gasteiger partial charge in [-0.15, -0.1) is 0 Å². The van der Waals surface area contributed by atoms with Gasteiger partial charge in [0.1, 0.15) is 0 Å². The van der Waals surface area contributed by atoms with Crippen molar-refractivity contribution in [3.8, 4) is 0 Å². The molecule has 4 nitrogen and oxygen atoms in total. The lowest BCUT2D eigenvalue weighted by Crippen LogP contribution is -2.43. The van der Waals surface area contributed by atoms with Crippen LogP contribution in [0.3, 0.4) is 0 Å². The average molecular weight is 321 g/mol. The Kier molecular flexibility index (Phi) is 4.39. The van der Waals surface area contributed by atoms with Crippen LogP contribution in [-0.4, -0.2) is 41.8 Å². The van der Waals surface area contributed by atoms with E-state index < -0.39 is 0 Å². The van der Waals surface area contributed by atoms with Crippen molar-refractivity contribution in [3.05, 3.63) is 34.9 Å². The third-order valence-corrected chi connectivity index (χ3v) is 5.01. The van der Waals surface area contributed by atoms with Crippen LogP contribution in [0.25, 0.3) is 0 Å². The Hall–Kier alpha value is -1.55. The molecular formula is C17H21ClN2O2. The summed E-state index contributed by atoms with van der Waals surface area (Å²) in [6.07, 6.45) is 3.07. The molecule has 3 rings (SSSR count). The van der Waals surface area contributed by atoms with E-state index in [1.54, 1.807) is 11.9 Å². The molecule has 1 aromatic carbocycles. The monoisotopic (exact) mass is 320 g/mol. The molecule has 1 aromatic rings. The minimum atomic E-state index is -0.163. The van der Waals surface area contributed by atoms with E-state index in [4.69, 9.17) is 11.6 Å². The highest BCUT2D eigenvalue weighted by Crippen LogP contribution is 2.35. The van der Waals surface area contributed by atoms with Gasteiger partial charge in [-0.2, -0.15) is 0 Å². The van der Waals surface area contributed by atoms with Gasteiger partial charge in [0.15, 0.2) is 0 Å². The number of nitrogens with zero attached hydrogens (tertiary/aromatic N) is 2. The van der Waals surface area contributed by atoms with Gasteiger partial charge in [-0.25, -0.2) is 0 Å². The number of amides is 2. The largest absolute Gasteiger partial charge is 0.346 e. The first-order valence-electron chi connectivity index (χ1n) is 7.86. The van der Waals surface area contributed by atoms with Crippen molar-refractivity contribution < 1.29 is 9.59 Å². The molecule has 2 fully saturated rings. The SMILES string of the molecule is CN1CC[C@@H](C(=O)N2CCC[C@H]2c2cccc(Cl)c2)CC1=O. The van der Waals surface area contributed by atoms with E-state index in [2.05, 4.69) is 0 Å². The van der Waals surface area contributed by atoms with Crippen LogP contribution < -0.4 is 0 Å². The molecule has 5 heteroatoms. The van der Waals surface area contributed by atoms with Crippen LogP contribution in [0.1, 0.15) is 37.3 Å². The lowest BCUT2D eigenvalue weighted by Gasteiger charge is -2.33. The molecular weight excluding hydrogens is 300 g/mol. The molecule has 2 aliphatic rings.